The van der Waals surface area contributed by atoms with E-state index in [0.717, 1.165) is 16.8 Å². The number of piperidine rings is 1. The predicted octanol–water partition coefficient (Wildman–Crippen LogP) is 3.56. The Morgan fingerprint density at radius 2 is 1.67 bits per heavy atom. The second-order valence-electron chi connectivity index (χ2n) is 14.4. The summed E-state index contributed by atoms with van der Waals surface area (Å²) in [6, 6.07) is 7.31. The number of halogens is 1. The molecule has 1 amide bonds. The molecule has 0 saturated carbocycles. The van der Waals surface area contributed by atoms with Crippen LogP contribution >= 0.6 is 11.6 Å². The maximum Gasteiger partial charge on any atom is 0.238 e. The largest absolute Gasteiger partial charge is 0.378 e. The molecular weight excluding hydrogens is 738 g/mol. The highest BCUT2D eigenvalue weighted by Gasteiger charge is 2.53. The van der Waals surface area contributed by atoms with Crippen molar-refractivity contribution in [1.82, 2.24) is 19.4 Å². The molecular formula is C38H52ClN5O9S. The number of aromatic nitrogens is 3. The van der Waals surface area contributed by atoms with Gasteiger partial charge in [0.05, 0.1) is 98.2 Å². The Hall–Kier alpha value is -3.17. The lowest BCUT2D eigenvalue weighted by atomic mass is 9.74. The van der Waals surface area contributed by atoms with Crippen LogP contribution in [0.15, 0.2) is 36.7 Å². The lowest BCUT2D eigenvalue weighted by Gasteiger charge is -2.41. The molecule has 54 heavy (non-hydrogen) atoms. The number of pyridine rings is 1. The van der Waals surface area contributed by atoms with Crippen molar-refractivity contribution in [3.05, 3.63) is 53.1 Å². The summed E-state index contributed by atoms with van der Waals surface area (Å²) in [4.78, 5) is 27.3. The second kappa shape index (κ2) is 19.1. The smallest absolute Gasteiger partial charge is 0.238 e. The standard InChI is InChI=1S/C38H52ClN5O9S/c1-5-16-49-17-18-50-19-20-51-21-22-52-23-25-54(47,48)24-6-13-43-32-8-7-29(39)26-31(32)41-34(43)28-44-33-27-40-12-9-30(33)38(35(44)45)10-14-42(15-11-38)36(46)53-37(2,3)4/h1,7-9,12,26-27,36,46H,6,10-11,13-25,28H2,2-4H3. The Labute approximate surface area is 322 Å². The van der Waals surface area contributed by atoms with Gasteiger partial charge in [-0.05, 0) is 69.9 Å². The van der Waals surface area contributed by atoms with E-state index in [1.165, 1.54) is 0 Å². The number of hydrogen-bond donors (Lipinski definition) is 1. The van der Waals surface area contributed by atoms with E-state index in [9.17, 15) is 18.3 Å². The molecule has 5 rings (SSSR count). The first-order chi connectivity index (χ1) is 25.8. The number of rotatable bonds is 21. The summed E-state index contributed by atoms with van der Waals surface area (Å²) in [5, 5.41) is 11.3. The van der Waals surface area contributed by atoms with E-state index in [1.54, 1.807) is 29.4 Å². The van der Waals surface area contributed by atoms with Crippen LogP contribution in [0.2, 0.25) is 5.02 Å². The second-order valence-corrected chi connectivity index (χ2v) is 17.1. The molecule has 1 aromatic carbocycles. The zero-order valence-corrected chi connectivity index (χ0v) is 32.9. The van der Waals surface area contributed by atoms with Gasteiger partial charge in [-0.2, -0.15) is 0 Å². The molecule has 1 fully saturated rings. The third kappa shape index (κ3) is 11.0. The molecule has 16 heteroatoms. The molecule has 1 spiro atoms. The van der Waals surface area contributed by atoms with Crippen LogP contribution in [0.3, 0.4) is 0 Å². The van der Waals surface area contributed by atoms with Gasteiger partial charge in [0, 0.05) is 30.9 Å². The highest BCUT2D eigenvalue weighted by atomic mass is 35.5. The monoisotopic (exact) mass is 789 g/mol. The molecule has 1 unspecified atom stereocenters. The minimum absolute atomic E-state index is 0.0399. The number of fused-ring (bicyclic) bond motifs is 3. The van der Waals surface area contributed by atoms with Crippen LogP contribution in [-0.2, 0) is 56.8 Å². The van der Waals surface area contributed by atoms with Gasteiger partial charge in [-0.1, -0.05) is 17.5 Å². The van der Waals surface area contributed by atoms with Crippen molar-refractivity contribution >= 4 is 44.1 Å². The molecule has 4 heterocycles. The van der Waals surface area contributed by atoms with Gasteiger partial charge in [0.1, 0.15) is 12.4 Å². The number of ether oxygens (including phenoxy) is 5. The lowest BCUT2D eigenvalue weighted by molar-refractivity contribution is -0.243. The predicted molar refractivity (Wildman–Crippen MR) is 205 cm³/mol. The first-order valence-corrected chi connectivity index (χ1v) is 20.5. The molecule has 0 radical (unpaired) electrons. The number of carbonyl (C=O) groups is 1. The first kappa shape index (κ1) is 42.0. The summed E-state index contributed by atoms with van der Waals surface area (Å²) in [5.41, 5.74) is 1.80. The number of likely N-dealkylation sites (tertiary alicyclic amines) is 1. The molecule has 0 aliphatic carbocycles. The minimum Gasteiger partial charge on any atom is -0.378 e. The van der Waals surface area contributed by atoms with Crippen molar-refractivity contribution in [2.24, 2.45) is 0 Å². The fraction of sp³-hybridized carbons (Fsp3) is 0.605. The summed E-state index contributed by atoms with van der Waals surface area (Å²) in [7, 11) is -3.40. The molecule has 1 atom stereocenters. The summed E-state index contributed by atoms with van der Waals surface area (Å²) < 4.78 is 55.1. The van der Waals surface area contributed by atoms with Gasteiger partial charge < -0.3 is 38.3 Å². The number of anilines is 1. The zero-order chi connectivity index (χ0) is 38.8. The lowest BCUT2D eigenvalue weighted by Crippen LogP contribution is -2.52. The molecule has 1 saturated heterocycles. The Kier molecular flexibility index (Phi) is 14.9. The van der Waals surface area contributed by atoms with Gasteiger partial charge in [0.15, 0.2) is 9.84 Å². The van der Waals surface area contributed by atoms with Crippen LogP contribution in [-0.4, -0.2) is 128 Å². The number of nitrogens with zero attached hydrogens (tertiary/aromatic N) is 5. The van der Waals surface area contributed by atoms with Gasteiger partial charge in [0.2, 0.25) is 12.3 Å². The van der Waals surface area contributed by atoms with Gasteiger partial charge in [-0.15, -0.1) is 6.42 Å². The fourth-order valence-corrected chi connectivity index (χ4v) is 8.14. The van der Waals surface area contributed by atoms with Crippen LogP contribution < -0.4 is 4.90 Å². The van der Waals surface area contributed by atoms with Gasteiger partial charge in [-0.25, -0.2) is 13.4 Å². The molecule has 1 N–H and O–H groups in total. The number of imidazole rings is 1. The number of aliphatic hydroxyl groups is 1. The van der Waals surface area contributed by atoms with Gasteiger partial charge >= 0.3 is 0 Å². The maximum atomic E-state index is 14.5. The Morgan fingerprint density at radius 1 is 1.00 bits per heavy atom. The van der Waals surface area contributed by atoms with Gasteiger partial charge in [0.25, 0.3) is 0 Å². The summed E-state index contributed by atoms with van der Waals surface area (Å²) in [5.74, 6) is 2.81. The van der Waals surface area contributed by atoms with Crippen LogP contribution in [0, 0.1) is 12.3 Å². The highest BCUT2D eigenvalue weighted by Crippen LogP contribution is 2.48. The van der Waals surface area contributed by atoms with Crippen LogP contribution in [0.25, 0.3) is 11.0 Å². The number of aliphatic hydroxyl groups excluding tert-OH is 1. The Bertz CT molecular complexity index is 1850. The summed E-state index contributed by atoms with van der Waals surface area (Å²) >= 11 is 6.33. The molecule has 296 valence electrons. The average molecular weight is 790 g/mol. The number of benzene rings is 1. The van der Waals surface area contributed by atoms with Crippen molar-refractivity contribution in [3.8, 4) is 12.3 Å². The third-order valence-electron chi connectivity index (χ3n) is 9.45. The SMILES string of the molecule is C#CCOCCOCCOCCOCCS(=O)(=O)CCCn1c(CN2C(=O)C3(CCN(C(O)OC(C)(C)C)CC3)c3ccncc32)nc2cc(Cl)ccc21. The summed E-state index contributed by atoms with van der Waals surface area (Å²) in [6.45, 7) is 9.73. The van der Waals surface area contributed by atoms with Crippen LogP contribution in [0.4, 0.5) is 5.69 Å². The minimum atomic E-state index is -3.40. The van der Waals surface area contributed by atoms with Crippen molar-refractivity contribution in [2.75, 3.05) is 82.4 Å². The average Bonchev–Trinajstić information content (AvgIpc) is 3.57. The van der Waals surface area contributed by atoms with E-state index < -0.39 is 27.3 Å². The zero-order valence-electron chi connectivity index (χ0n) is 31.4. The molecule has 0 bridgehead atoms. The third-order valence-corrected chi connectivity index (χ3v) is 11.4. The molecule has 2 aliphatic heterocycles. The number of hydrogen-bond acceptors (Lipinski definition) is 12. The van der Waals surface area contributed by atoms with Crippen LogP contribution in [0.5, 0.6) is 0 Å². The number of amides is 1. The van der Waals surface area contributed by atoms with E-state index in [-0.39, 0.29) is 43.8 Å². The van der Waals surface area contributed by atoms with Crippen molar-refractivity contribution in [3.63, 3.8) is 0 Å². The number of sulfone groups is 1. The van der Waals surface area contributed by atoms with E-state index in [2.05, 4.69) is 10.9 Å². The van der Waals surface area contributed by atoms with E-state index in [1.807, 2.05) is 42.4 Å². The van der Waals surface area contributed by atoms with E-state index in [4.69, 9.17) is 46.7 Å². The summed E-state index contributed by atoms with van der Waals surface area (Å²) in [6.07, 6.45) is 8.81. The van der Waals surface area contributed by atoms with E-state index >= 15 is 0 Å². The topological polar surface area (TPSA) is 155 Å². The van der Waals surface area contributed by atoms with Crippen molar-refractivity contribution in [2.45, 2.75) is 70.6 Å². The number of carbonyl (C=O) groups excluding carboxylic acids is 1. The molecule has 3 aromatic rings. The molecule has 2 aliphatic rings. The normalized spacial score (nSPS) is 16.7. The fourth-order valence-electron chi connectivity index (χ4n) is 6.83. The highest BCUT2D eigenvalue weighted by molar-refractivity contribution is 7.91. The van der Waals surface area contributed by atoms with Crippen molar-refractivity contribution < 1.29 is 42.0 Å². The van der Waals surface area contributed by atoms with Gasteiger partial charge in [-0.3, -0.25) is 14.7 Å². The molecule has 14 nitrogen and oxygen atoms in total. The van der Waals surface area contributed by atoms with Crippen LogP contribution in [0.1, 0.15) is 51.4 Å². The van der Waals surface area contributed by atoms with Crippen molar-refractivity contribution in [1.29, 1.82) is 0 Å². The van der Waals surface area contributed by atoms with E-state index in [0.29, 0.717) is 88.3 Å². The number of aryl methyl sites for hydroxylation is 1. The molecule has 2 aromatic heterocycles. The quantitative estimate of drug-likeness (QED) is 0.0954. The Morgan fingerprint density at radius 3 is 2.33 bits per heavy atom. The maximum absolute atomic E-state index is 14.5. The number of terminal acetylenes is 1. The Balaban J connectivity index is 1.16. The first-order valence-electron chi connectivity index (χ1n) is 18.3.